The van der Waals surface area contributed by atoms with E-state index < -0.39 is 5.97 Å². The number of methoxy groups -OCH3 is 2. The van der Waals surface area contributed by atoms with Gasteiger partial charge < -0.3 is 15.2 Å². The number of benzene rings is 1. The van der Waals surface area contributed by atoms with Gasteiger partial charge in [0, 0.05) is 6.07 Å². The molecule has 0 aliphatic carbocycles. The van der Waals surface area contributed by atoms with Crippen molar-refractivity contribution in [2.24, 2.45) is 0 Å². The highest BCUT2D eigenvalue weighted by Gasteiger charge is 2.15. The molecule has 0 aliphatic rings. The van der Waals surface area contributed by atoms with Crippen LogP contribution in [0, 0.1) is 11.3 Å². The third-order valence-electron chi connectivity index (χ3n) is 1.90. The number of esters is 1. The Morgan fingerprint density at radius 3 is 2.60 bits per heavy atom. The summed E-state index contributed by atoms with van der Waals surface area (Å²) in [4.78, 5) is 11.3. The summed E-state index contributed by atoms with van der Waals surface area (Å²) in [6.45, 7) is 0. The van der Waals surface area contributed by atoms with E-state index in [9.17, 15) is 4.79 Å². The number of anilines is 1. The molecule has 0 aliphatic heterocycles. The summed E-state index contributed by atoms with van der Waals surface area (Å²) in [6, 6.07) is 4.67. The molecule has 0 heterocycles. The van der Waals surface area contributed by atoms with E-state index in [1.807, 2.05) is 6.07 Å². The zero-order valence-corrected chi connectivity index (χ0v) is 8.40. The van der Waals surface area contributed by atoms with Crippen LogP contribution in [0.5, 0.6) is 5.75 Å². The molecule has 1 rings (SSSR count). The molecule has 0 spiro atoms. The molecule has 0 radical (unpaired) electrons. The predicted octanol–water partition coefficient (Wildman–Crippen LogP) is 0.936. The van der Waals surface area contributed by atoms with Crippen molar-refractivity contribution in [1.29, 1.82) is 5.26 Å². The number of carbonyl (C=O) groups excluding carboxylic acids is 1. The van der Waals surface area contributed by atoms with Crippen molar-refractivity contribution in [3.63, 3.8) is 0 Å². The molecule has 78 valence electrons. The number of nitrogens with two attached hydrogens (primary N) is 1. The first kappa shape index (κ1) is 10.9. The lowest BCUT2D eigenvalue weighted by atomic mass is 10.1. The summed E-state index contributed by atoms with van der Waals surface area (Å²) in [7, 11) is 2.66. The second kappa shape index (κ2) is 4.33. The molecule has 1 aromatic rings. The molecule has 0 unspecified atom stereocenters. The van der Waals surface area contributed by atoms with Gasteiger partial charge in [-0.1, -0.05) is 0 Å². The van der Waals surface area contributed by atoms with Gasteiger partial charge in [-0.2, -0.15) is 5.26 Å². The van der Waals surface area contributed by atoms with Gasteiger partial charge in [0.15, 0.2) is 0 Å². The fourth-order valence-electron chi connectivity index (χ4n) is 1.13. The van der Waals surface area contributed by atoms with E-state index in [2.05, 4.69) is 4.74 Å². The normalized spacial score (nSPS) is 9.13. The summed E-state index contributed by atoms with van der Waals surface area (Å²) in [6.07, 6.45) is 0. The summed E-state index contributed by atoms with van der Waals surface area (Å²) in [5.74, 6) is -0.282. The number of nitrogen functional groups attached to an aromatic ring is 1. The summed E-state index contributed by atoms with van der Waals surface area (Å²) in [5, 5.41) is 8.72. The number of nitrogens with zero attached hydrogens (tertiary/aromatic N) is 1. The lowest BCUT2D eigenvalue weighted by molar-refractivity contribution is 0.0597. The van der Waals surface area contributed by atoms with Crippen LogP contribution in [0.25, 0.3) is 0 Å². The zero-order chi connectivity index (χ0) is 11.4. The van der Waals surface area contributed by atoms with Crippen LogP contribution in [0.1, 0.15) is 15.9 Å². The Morgan fingerprint density at radius 2 is 2.13 bits per heavy atom. The predicted molar refractivity (Wildman–Crippen MR) is 53.5 cm³/mol. The van der Waals surface area contributed by atoms with Gasteiger partial charge in [0.05, 0.1) is 25.5 Å². The number of rotatable bonds is 2. The molecule has 5 nitrogen and oxygen atoms in total. The van der Waals surface area contributed by atoms with Crippen molar-refractivity contribution in [3.8, 4) is 11.8 Å². The molecular weight excluding hydrogens is 196 g/mol. The first-order valence-corrected chi connectivity index (χ1v) is 4.10. The van der Waals surface area contributed by atoms with E-state index in [4.69, 9.17) is 15.7 Å². The quantitative estimate of drug-likeness (QED) is 0.574. The summed E-state index contributed by atoms with van der Waals surface area (Å²) in [5.41, 5.74) is 6.25. The van der Waals surface area contributed by atoms with Gasteiger partial charge in [-0.25, -0.2) is 4.79 Å². The minimum absolute atomic E-state index is 0.205. The van der Waals surface area contributed by atoms with E-state index >= 15 is 0 Å². The van der Waals surface area contributed by atoms with Crippen molar-refractivity contribution in [2.45, 2.75) is 0 Å². The fourth-order valence-corrected chi connectivity index (χ4v) is 1.13. The standard InChI is InChI=1S/C10H10N2O3/c1-14-9-3-6(5-11)8(12)4-7(9)10(13)15-2/h3-4H,12H2,1-2H3. The van der Waals surface area contributed by atoms with Gasteiger partial charge in [0.1, 0.15) is 17.4 Å². The average Bonchev–Trinajstić information content (AvgIpc) is 2.27. The molecule has 0 saturated heterocycles. The van der Waals surface area contributed by atoms with Gasteiger partial charge in [-0.3, -0.25) is 0 Å². The second-order valence-corrected chi connectivity index (χ2v) is 2.74. The molecule has 1 aromatic carbocycles. The zero-order valence-electron chi connectivity index (χ0n) is 8.40. The monoisotopic (exact) mass is 206 g/mol. The van der Waals surface area contributed by atoms with Crippen LogP contribution in [0.2, 0.25) is 0 Å². The largest absolute Gasteiger partial charge is 0.496 e. The van der Waals surface area contributed by atoms with Gasteiger partial charge >= 0.3 is 5.97 Å². The topological polar surface area (TPSA) is 85.3 Å². The highest BCUT2D eigenvalue weighted by atomic mass is 16.5. The Hall–Kier alpha value is -2.22. The van der Waals surface area contributed by atoms with Crippen molar-refractivity contribution in [3.05, 3.63) is 23.3 Å². The van der Waals surface area contributed by atoms with E-state index in [1.54, 1.807) is 0 Å². The molecule has 0 saturated carbocycles. The van der Waals surface area contributed by atoms with Crippen molar-refractivity contribution < 1.29 is 14.3 Å². The Labute approximate surface area is 87.0 Å². The number of hydrogen-bond donors (Lipinski definition) is 1. The van der Waals surface area contributed by atoms with Crippen LogP contribution >= 0.6 is 0 Å². The molecule has 0 amide bonds. The maximum atomic E-state index is 11.3. The third kappa shape index (κ3) is 1.99. The second-order valence-electron chi connectivity index (χ2n) is 2.74. The van der Waals surface area contributed by atoms with E-state index in [0.29, 0.717) is 0 Å². The SMILES string of the molecule is COC(=O)c1cc(N)c(C#N)cc1OC. The van der Waals surface area contributed by atoms with Gasteiger partial charge in [0.2, 0.25) is 0 Å². The Morgan fingerprint density at radius 1 is 1.47 bits per heavy atom. The molecule has 0 fully saturated rings. The Bertz CT molecular complexity index is 435. The maximum absolute atomic E-state index is 11.3. The number of hydrogen-bond acceptors (Lipinski definition) is 5. The molecule has 2 N–H and O–H groups in total. The van der Waals surface area contributed by atoms with Crippen molar-refractivity contribution in [1.82, 2.24) is 0 Å². The minimum Gasteiger partial charge on any atom is -0.496 e. The minimum atomic E-state index is -0.553. The molecule has 0 atom stereocenters. The number of nitriles is 1. The van der Waals surface area contributed by atoms with Gasteiger partial charge in [0.25, 0.3) is 0 Å². The lowest BCUT2D eigenvalue weighted by Crippen LogP contribution is -2.06. The van der Waals surface area contributed by atoms with Crippen molar-refractivity contribution in [2.75, 3.05) is 20.0 Å². The average molecular weight is 206 g/mol. The molecule has 15 heavy (non-hydrogen) atoms. The summed E-state index contributed by atoms with van der Waals surface area (Å²) < 4.78 is 9.51. The van der Waals surface area contributed by atoms with Gasteiger partial charge in [-0.05, 0) is 6.07 Å². The van der Waals surface area contributed by atoms with Crippen LogP contribution in [0.15, 0.2) is 12.1 Å². The van der Waals surface area contributed by atoms with Crippen LogP contribution in [-0.2, 0) is 4.74 Å². The molecule has 0 aromatic heterocycles. The Kier molecular flexibility index (Phi) is 3.13. The Balaban J connectivity index is 3.35. The molecule has 5 heteroatoms. The summed E-state index contributed by atoms with van der Waals surface area (Å²) >= 11 is 0. The van der Waals surface area contributed by atoms with Crippen LogP contribution < -0.4 is 10.5 Å². The molecule has 0 bridgehead atoms. The first-order valence-electron chi connectivity index (χ1n) is 4.10. The first-order chi connectivity index (χ1) is 7.13. The van der Waals surface area contributed by atoms with Crippen LogP contribution in [0.3, 0.4) is 0 Å². The van der Waals surface area contributed by atoms with Crippen LogP contribution in [-0.4, -0.2) is 20.2 Å². The van der Waals surface area contributed by atoms with Crippen LogP contribution in [0.4, 0.5) is 5.69 Å². The number of ether oxygens (including phenoxy) is 2. The fraction of sp³-hybridized carbons (Fsp3) is 0.200. The maximum Gasteiger partial charge on any atom is 0.341 e. The highest BCUT2D eigenvalue weighted by Crippen LogP contribution is 2.25. The third-order valence-corrected chi connectivity index (χ3v) is 1.90. The smallest absolute Gasteiger partial charge is 0.341 e. The van der Waals surface area contributed by atoms with E-state index in [1.165, 1.54) is 26.4 Å². The molecular formula is C10H10N2O3. The number of carbonyl (C=O) groups is 1. The van der Waals surface area contributed by atoms with Gasteiger partial charge in [-0.15, -0.1) is 0 Å². The highest BCUT2D eigenvalue weighted by molar-refractivity contribution is 5.94. The lowest BCUT2D eigenvalue weighted by Gasteiger charge is -2.08. The van der Waals surface area contributed by atoms with E-state index in [-0.39, 0.29) is 22.6 Å². The van der Waals surface area contributed by atoms with Crippen molar-refractivity contribution >= 4 is 11.7 Å². The van der Waals surface area contributed by atoms with E-state index in [0.717, 1.165) is 0 Å².